The molecule has 1 aliphatic carbocycles. The number of carboxylic acid groups (broad SMARTS) is 1. The number of ether oxygens (including phenoxy) is 1. The van der Waals surface area contributed by atoms with Gasteiger partial charge in [-0.2, -0.15) is 0 Å². The van der Waals surface area contributed by atoms with Crippen molar-refractivity contribution < 1.29 is 24.5 Å². The van der Waals surface area contributed by atoms with E-state index in [1.165, 1.54) is 0 Å². The Morgan fingerprint density at radius 3 is 2.74 bits per heavy atom. The highest BCUT2D eigenvalue weighted by Crippen LogP contribution is 2.50. The van der Waals surface area contributed by atoms with E-state index in [2.05, 4.69) is 5.32 Å². The fourth-order valence-corrected chi connectivity index (χ4v) is 3.00. The lowest BCUT2D eigenvalue weighted by atomic mass is 9.59. The van der Waals surface area contributed by atoms with Gasteiger partial charge in [-0.15, -0.1) is 0 Å². The van der Waals surface area contributed by atoms with Crippen LogP contribution in [0.5, 0.6) is 0 Å². The minimum atomic E-state index is -1.41. The summed E-state index contributed by atoms with van der Waals surface area (Å²) in [6.45, 7) is 1.46. The van der Waals surface area contributed by atoms with Gasteiger partial charge in [0.1, 0.15) is 0 Å². The van der Waals surface area contributed by atoms with E-state index in [0.29, 0.717) is 13.2 Å². The van der Waals surface area contributed by atoms with Crippen LogP contribution >= 0.6 is 0 Å². The van der Waals surface area contributed by atoms with Crippen LogP contribution in [0.2, 0.25) is 0 Å². The third kappa shape index (κ3) is 3.06. The van der Waals surface area contributed by atoms with Gasteiger partial charge in [-0.1, -0.05) is 6.42 Å². The van der Waals surface area contributed by atoms with Gasteiger partial charge in [0.15, 0.2) is 6.10 Å². The number of rotatable bonds is 5. The number of carboxylic acids is 1. The lowest BCUT2D eigenvalue weighted by Gasteiger charge is -2.49. The van der Waals surface area contributed by atoms with E-state index in [9.17, 15) is 9.59 Å². The van der Waals surface area contributed by atoms with E-state index < -0.39 is 12.1 Å². The summed E-state index contributed by atoms with van der Waals surface area (Å²) in [7, 11) is 0. The molecule has 1 heterocycles. The van der Waals surface area contributed by atoms with Crippen molar-refractivity contribution >= 4 is 11.9 Å². The van der Waals surface area contributed by atoms with Crippen LogP contribution in [-0.4, -0.2) is 48.0 Å². The summed E-state index contributed by atoms with van der Waals surface area (Å²) in [5.41, 5.74) is 0.00769. The molecule has 2 rings (SSSR count). The normalized spacial score (nSPS) is 26.5. The Kier molecular flexibility index (Phi) is 4.42. The van der Waals surface area contributed by atoms with Crippen LogP contribution in [0.25, 0.3) is 0 Å². The molecule has 3 N–H and O–H groups in total. The van der Waals surface area contributed by atoms with Crippen molar-refractivity contribution in [2.75, 3.05) is 19.8 Å². The van der Waals surface area contributed by atoms with Crippen molar-refractivity contribution in [3.8, 4) is 0 Å². The summed E-state index contributed by atoms with van der Waals surface area (Å²) in [4.78, 5) is 22.6. The summed E-state index contributed by atoms with van der Waals surface area (Å²) >= 11 is 0. The predicted octanol–water partition coefficient (Wildman–Crippen LogP) is 0.145. The number of hydrogen-bond acceptors (Lipinski definition) is 4. The SMILES string of the molecule is O=C(NCC[C@H](O)C(=O)O)C1CCOCC12CCC2. The van der Waals surface area contributed by atoms with Gasteiger partial charge in [0.25, 0.3) is 0 Å². The molecule has 1 spiro atoms. The third-order valence-corrected chi connectivity index (χ3v) is 4.35. The Hall–Kier alpha value is -1.14. The number of aliphatic hydroxyl groups is 1. The average molecular weight is 271 g/mol. The predicted molar refractivity (Wildman–Crippen MR) is 66.5 cm³/mol. The first-order valence-electron chi connectivity index (χ1n) is 6.81. The number of nitrogens with one attached hydrogen (secondary N) is 1. The highest BCUT2D eigenvalue weighted by atomic mass is 16.5. The zero-order valence-corrected chi connectivity index (χ0v) is 10.9. The van der Waals surface area contributed by atoms with Gasteiger partial charge in [0, 0.05) is 30.9 Å². The fourth-order valence-electron chi connectivity index (χ4n) is 3.00. The molecule has 1 saturated heterocycles. The molecule has 1 saturated carbocycles. The summed E-state index contributed by atoms with van der Waals surface area (Å²) in [5.74, 6) is -1.31. The maximum absolute atomic E-state index is 12.2. The van der Waals surface area contributed by atoms with Crippen LogP contribution in [0.4, 0.5) is 0 Å². The van der Waals surface area contributed by atoms with Gasteiger partial charge < -0.3 is 20.3 Å². The van der Waals surface area contributed by atoms with E-state index in [0.717, 1.165) is 25.7 Å². The molecule has 0 radical (unpaired) electrons. The molecule has 108 valence electrons. The van der Waals surface area contributed by atoms with Gasteiger partial charge in [-0.25, -0.2) is 4.79 Å². The molecule has 0 bridgehead atoms. The molecule has 2 atom stereocenters. The molecule has 1 unspecified atom stereocenters. The van der Waals surface area contributed by atoms with E-state index in [1.54, 1.807) is 0 Å². The van der Waals surface area contributed by atoms with Crippen LogP contribution in [0.15, 0.2) is 0 Å². The Labute approximate surface area is 112 Å². The molecule has 0 aromatic carbocycles. The van der Waals surface area contributed by atoms with Crippen molar-refractivity contribution in [3.05, 3.63) is 0 Å². The molecule has 1 amide bonds. The molecule has 2 fully saturated rings. The first-order valence-corrected chi connectivity index (χ1v) is 6.81. The first-order chi connectivity index (χ1) is 9.05. The summed E-state index contributed by atoms with van der Waals surface area (Å²) in [6, 6.07) is 0. The standard InChI is InChI=1S/C13H21NO5/c15-10(12(17)18)2-6-14-11(16)9-3-7-19-8-13(9)4-1-5-13/h9-10,15H,1-8H2,(H,14,16)(H,17,18)/t9?,10-/m0/s1. The van der Waals surface area contributed by atoms with E-state index in [-0.39, 0.29) is 30.2 Å². The molecular formula is C13H21NO5. The Morgan fingerprint density at radius 1 is 1.42 bits per heavy atom. The minimum absolute atomic E-state index is 0.00769. The van der Waals surface area contributed by atoms with E-state index in [1.807, 2.05) is 0 Å². The average Bonchev–Trinajstić information content (AvgIpc) is 2.36. The van der Waals surface area contributed by atoms with Crippen molar-refractivity contribution in [1.29, 1.82) is 0 Å². The second-order valence-corrected chi connectivity index (χ2v) is 5.54. The maximum Gasteiger partial charge on any atom is 0.332 e. The monoisotopic (exact) mass is 271 g/mol. The molecule has 0 aromatic heterocycles. The summed E-state index contributed by atoms with van der Waals surface area (Å²) in [5, 5.41) is 20.4. The van der Waals surface area contributed by atoms with Gasteiger partial charge in [-0.05, 0) is 19.3 Å². The molecule has 0 aromatic rings. The molecule has 2 aliphatic rings. The van der Waals surface area contributed by atoms with E-state index in [4.69, 9.17) is 14.9 Å². The van der Waals surface area contributed by atoms with Gasteiger partial charge in [0.2, 0.25) is 5.91 Å². The Morgan fingerprint density at radius 2 is 2.16 bits per heavy atom. The second-order valence-electron chi connectivity index (χ2n) is 5.54. The van der Waals surface area contributed by atoms with Crippen molar-refractivity contribution in [3.63, 3.8) is 0 Å². The Bertz CT molecular complexity index is 353. The van der Waals surface area contributed by atoms with Gasteiger partial charge >= 0.3 is 5.97 Å². The number of aliphatic hydroxyl groups excluding tert-OH is 1. The molecular weight excluding hydrogens is 250 g/mol. The minimum Gasteiger partial charge on any atom is -0.479 e. The van der Waals surface area contributed by atoms with Crippen molar-refractivity contribution in [1.82, 2.24) is 5.32 Å². The third-order valence-electron chi connectivity index (χ3n) is 4.35. The summed E-state index contributed by atoms with van der Waals surface area (Å²) < 4.78 is 5.48. The molecule has 6 heteroatoms. The molecule has 1 aliphatic heterocycles. The quantitative estimate of drug-likeness (QED) is 0.661. The van der Waals surface area contributed by atoms with Crippen LogP contribution in [-0.2, 0) is 14.3 Å². The zero-order chi connectivity index (χ0) is 13.9. The number of carbonyl (C=O) groups excluding carboxylic acids is 1. The number of carbonyl (C=O) groups is 2. The van der Waals surface area contributed by atoms with Crippen LogP contribution in [0.1, 0.15) is 32.1 Å². The highest BCUT2D eigenvalue weighted by Gasteiger charge is 2.49. The second kappa shape index (κ2) is 5.88. The molecule has 6 nitrogen and oxygen atoms in total. The van der Waals surface area contributed by atoms with Gasteiger partial charge in [0.05, 0.1) is 6.61 Å². The zero-order valence-electron chi connectivity index (χ0n) is 10.9. The van der Waals surface area contributed by atoms with Crippen LogP contribution < -0.4 is 5.32 Å². The number of amides is 1. The van der Waals surface area contributed by atoms with E-state index >= 15 is 0 Å². The summed E-state index contributed by atoms with van der Waals surface area (Å²) in [6.07, 6.45) is 2.56. The topological polar surface area (TPSA) is 95.9 Å². The van der Waals surface area contributed by atoms with Gasteiger partial charge in [-0.3, -0.25) is 4.79 Å². The van der Waals surface area contributed by atoms with Crippen LogP contribution in [0.3, 0.4) is 0 Å². The first kappa shape index (κ1) is 14.3. The highest BCUT2D eigenvalue weighted by molar-refractivity contribution is 5.80. The molecule has 19 heavy (non-hydrogen) atoms. The Balaban J connectivity index is 1.80. The van der Waals surface area contributed by atoms with Crippen molar-refractivity contribution in [2.45, 2.75) is 38.2 Å². The number of hydrogen-bond donors (Lipinski definition) is 3. The fraction of sp³-hybridized carbons (Fsp3) is 0.846. The lowest BCUT2D eigenvalue weighted by molar-refractivity contribution is -0.149. The van der Waals surface area contributed by atoms with Crippen molar-refractivity contribution in [2.24, 2.45) is 11.3 Å². The largest absolute Gasteiger partial charge is 0.479 e. The smallest absolute Gasteiger partial charge is 0.332 e. The lowest BCUT2D eigenvalue weighted by Crippen LogP contribution is -2.51. The number of aliphatic carboxylic acids is 1. The maximum atomic E-state index is 12.2. The van der Waals surface area contributed by atoms with Crippen LogP contribution in [0, 0.1) is 11.3 Å².